The molecule has 0 spiro atoms. The van der Waals surface area contributed by atoms with E-state index in [-0.39, 0.29) is 12.6 Å². The molecular formula is C9H15N3O3. The van der Waals surface area contributed by atoms with Crippen molar-refractivity contribution >= 4 is 0 Å². The van der Waals surface area contributed by atoms with Crippen LogP contribution in [0.3, 0.4) is 0 Å². The third-order valence-corrected chi connectivity index (χ3v) is 2.11. The Balaban J connectivity index is 2.67. The summed E-state index contributed by atoms with van der Waals surface area (Å²) >= 11 is 0. The van der Waals surface area contributed by atoms with Crippen LogP contribution in [0.5, 0.6) is 0 Å². The van der Waals surface area contributed by atoms with Crippen LogP contribution in [0.15, 0.2) is 17.8 Å². The first-order chi connectivity index (χ1) is 7.00. The highest BCUT2D eigenvalue weighted by Crippen LogP contribution is 2.30. The van der Waals surface area contributed by atoms with Crippen LogP contribution in [-0.2, 0) is 9.47 Å². The van der Waals surface area contributed by atoms with Gasteiger partial charge in [-0.25, -0.2) is 0 Å². The number of rotatable bonds is 4. The summed E-state index contributed by atoms with van der Waals surface area (Å²) < 4.78 is 11.0. The fourth-order valence-corrected chi connectivity index (χ4v) is 1.52. The minimum atomic E-state index is -0.884. The predicted molar refractivity (Wildman–Crippen MR) is 54.0 cm³/mol. The molecule has 3 atom stereocenters. The van der Waals surface area contributed by atoms with Crippen LogP contribution in [0.1, 0.15) is 13.8 Å². The average Bonchev–Trinajstić information content (AvgIpc) is 2.50. The smallest absolute Gasteiger partial charge is 0.164 e. The fourth-order valence-electron chi connectivity index (χ4n) is 1.52. The summed E-state index contributed by atoms with van der Waals surface area (Å²) in [5, 5.41) is 13.0. The third kappa shape index (κ3) is 2.94. The Kier molecular flexibility index (Phi) is 3.71. The number of azide groups is 1. The quantitative estimate of drug-likeness (QED) is 0.331. The largest absolute Gasteiger partial charge is 0.390 e. The van der Waals surface area contributed by atoms with Gasteiger partial charge in [0, 0.05) is 4.91 Å². The summed E-state index contributed by atoms with van der Waals surface area (Å²) in [5.74, 6) is -0.749. The average molecular weight is 213 g/mol. The van der Waals surface area contributed by atoms with E-state index >= 15 is 0 Å². The van der Waals surface area contributed by atoms with Crippen LogP contribution >= 0.6 is 0 Å². The maximum atomic E-state index is 9.70. The van der Waals surface area contributed by atoms with Gasteiger partial charge in [-0.05, 0) is 19.4 Å². The predicted octanol–water partition coefficient (Wildman–Crippen LogP) is 1.36. The molecule has 0 aromatic rings. The zero-order chi connectivity index (χ0) is 11.5. The van der Waals surface area contributed by atoms with Gasteiger partial charge in [-0.1, -0.05) is 11.2 Å². The number of nitrogens with zero attached hydrogens (tertiary/aromatic N) is 3. The van der Waals surface area contributed by atoms with E-state index in [4.69, 9.17) is 15.0 Å². The summed E-state index contributed by atoms with van der Waals surface area (Å²) in [4.78, 5) is 2.58. The highest BCUT2D eigenvalue weighted by Gasteiger charge is 2.42. The summed E-state index contributed by atoms with van der Waals surface area (Å²) in [6.45, 7) is 7.07. The van der Waals surface area contributed by atoms with Crippen molar-refractivity contribution in [2.45, 2.75) is 37.9 Å². The molecule has 6 nitrogen and oxygen atoms in total. The van der Waals surface area contributed by atoms with Crippen molar-refractivity contribution in [3.8, 4) is 0 Å². The van der Waals surface area contributed by atoms with E-state index in [9.17, 15) is 5.11 Å². The first kappa shape index (κ1) is 12.0. The van der Waals surface area contributed by atoms with Crippen LogP contribution in [0.4, 0.5) is 0 Å². The topological polar surface area (TPSA) is 87.5 Å². The Bertz CT molecular complexity index is 286. The number of hydrogen-bond donors (Lipinski definition) is 1. The SMILES string of the molecule is C=C[C@H]1OC(C)(C)O[C@@H]1[C@@H](O)CN=[N+]=[N-]. The van der Waals surface area contributed by atoms with Gasteiger partial charge in [-0.3, -0.25) is 0 Å². The summed E-state index contributed by atoms with van der Waals surface area (Å²) in [6.07, 6.45) is -0.240. The van der Waals surface area contributed by atoms with E-state index in [1.54, 1.807) is 19.9 Å². The molecule has 0 amide bonds. The molecule has 1 saturated heterocycles. The molecule has 1 N–H and O–H groups in total. The zero-order valence-corrected chi connectivity index (χ0v) is 8.83. The van der Waals surface area contributed by atoms with E-state index in [1.807, 2.05) is 0 Å². The monoisotopic (exact) mass is 213 g/mol. The first-order valence-corrected chi connectivity index (χ1v) is 4.67. The Hall–Kier alpha value is -1.07. The molecule has 84 valence electrons. The molecule has 0 aromatic heterocycles. The van der Waals surface area contributed by atoms with Gasteiger partial charge in [0.05, 0.1) is 12.6 Å². The van der Waals surface area contributed by atoms with Crippen LogP contribution in [-0.4, -0.2) is 35.8 Å². The number of aliphatic hydroxyl groups excluding tert-OH is 1. The van der Waals surface area contributed by atoms with Gasteiger partial charge in [-0.15, -0.1) is 6.58 Å². The summed E-state index contributed by atoms with van der Waals surface area (Å²) in [5.41, 5.74) is 8.14. The summed E-state index contributed by atoms with van der Waals surface area (Å²) in [7, 11) is 0. The van der Waals surface area contributed by atoms with Crippen molar-refractivity contribution in [2.24, 2.45) is 5.11 Å². The van der Waals surface area contributed by atoms with Crippen molar-refractivity contribution in [1.82, 2.24) is 0 Å². The van der Waals surface area contributed by atoms with Crippen molar-refractivity contribution < 1.29 is 14.6 Å². The van der Waals surface area contributed by atoms with E-state index in [0.717, 1.165) is 0 Å². The number of hydrogen-bond acceptors (Lipinski definition) is 4. The third-order valence-electron chi connectivity index (χ3n) is 2.11. The van der Waals surface area contributed by atoms with Gasteiger partial charge >= 0.3 is 0 Å². The van der Waals surface area contributed by atoms with Gasteiger partial charge in [0.2, 0.25) is 0 Å². The van der Waals surface area contributed by atoms with Gasteiger partial charge in [0.15, 0.2) is 5.79 Å². The van der Waals surface area contributed by atoms with Gasteiger partial charge in [0.1, 0.15) is 12.2 Å². The molecule has 0 aromatic carbocycles. The minimum Gasteiger partial charge on any atom is -0.390 e. The minimum absolute atomic E-state index is 0.0368. The molecule has 0 bridgehead atoms. The number of ether oxygens (including phenoxy) is 2. The lowest BCUT2D eigenvalue weighted by molar-refractivity contribution is -0.152. The van der Waals surface area contributed by atoms with Crippen molar-refractivity contribution in [1.29, 1.82) is 0 Å². The van der Waals surface area contributed by atoms with Crippen LogP contribution < -0.4 is 0 Å². The standard InChI is InChI=1S/C9H15N3O3/c1-4-7-8(6(13)5-11-12-10)15-9(2,3)14-7/h4,6-8,13H,1,5H2,2-3H3/t6-,7+,8+/m0/s1. The second-order valence-electron chi connectivity index (χ2n) is 3.78. The Labute approximate surface area is 88.1 Å². The van der Waals surface area contributed by atoms with Crippen molar-refractivity contribution in [3.05, 3.63) is 23.1 Å². The molecule has 0 radical (unpaired) electrons. The van der Waals surface area contributed by atoms with Gasteiger partial charge in [0.25, 0.3) is 0 Å². The summed E-state index contributed by atoms with van der Waals surface area (Å²) in [6, 6.07) is 0. The molecular weight excluding hydrogens is 198 g/mol. The normalized spacial score (nSPS) is 30.6. The lowest BCUT2D eigenvalue weighted by Crippen LogP contribution is -2.36. The van der Waals surface area contributed by atoms with Crippen molar-refractivity contribution in [3.63, 3.8) is 0 Å². The lowest BCUT2D eigenvalue weighted by Gasteiger charge is -2.19. The molecule has 1 aliphatic heterocycles. The maximum Gasteiger partial charge on any atom is 0.164 e. The molecule has 1 rings (SSSR count). The van der Waals surface area contributed by atoms with Gasteiger partial charge < -0.3 is 14.6 Å². The molecule has 15 heavy (non-hydrogen) atoms. The number of aliphatic hydroxyl groups is 1. The van der Waals surface area contributed by atoms with Crippen LogP contribution in [0.2, 0.25) is 0 Å². The zero-order valence-electron chi connectivity index (χ0n) is 8.83. The van der Waals surface area contributed by atoms with E-state index in [0.29, 0.717) is 0 Å². The molecule has 0 unspecified atom stereocenters. The first-order valence-electron chi connectivity index (χ1n) is 4.67. The van der Waals surface area contributed by atoms with E-state index < -0.39 is 18.0 Å². The Morgan fingerprint density at radius 1 is 1.67 bits per heavy atom. The molecule has 6 heteroatoms. The van der Waals surface area contributed by atoms with Crippen LogP contribution in [0, 0.1) is 0 Å². The van der Waals surface area contributed by atoms with Gasteiger partial charge in [-0.2, -0.15) is 0 Å². The second-order valence-corrected chi connectivity index (χ2v) is 3.78. The van der Waals surface area contributed by atoms with E-state index in [2.05, 4.69) is 16.6 Å². The Morgan fingerprint density at radius 3 is 2.87 bits per heavy atom. The van der Waals surface area contributed by atoms with Crippen LogP contribution in [0.25, 0.3) is 10.4 Å². The molecule has 1 heterocycles. The molecule has 1 aliphatic rings. The highest BCUT2D eigenvalue weighted by molar-refractivity contribution is 4.96. The molecule has 0 aliphatic carbocycles. The molecule has 1 fully saturated rings. The van der Waals surface area contributed by atoms with Crippen molar-refractivity contribution in [2.75, 3.05) is 6.54 Å². The van der Waals surface area contributed by atoms with E-state index in [1.165, 1.54) is 0 Å². The fraction of sp³-hybridized carbons (Fsp3) is 0.778. The Morgan fingerprint density at radius 2 is 2.33 bits per heavy atom. The lowest BCUT2D eigenvalue weighted by atomic mass is 10.1. The second kappa shape index (κ2) is 4.63. The molecule has 0 saturated carbocycles. The maximum absolute atomic E-state index is 9.70. The highest BCUT2D eigenvalue weighted by atomic mass is 16.8.